The summed E-state index contributed by atoms with van der Waals surface area (Å²) in [6.07, 6.45) is 10.8. The summed E-state index contributed by atoms with van der Waals surface area (Å²) in [6.45, 7) is 19.4. The number of carbonyl (C=O) groups excluding carboxylic acids is 1. The van der Waals surface area contributed by atoms with Crippen LogP contribution in [-0.4, -0.2) is 23.8 Å². The second kappa shape index (κ2) is 9.88. The van der Waals surface area contributed by atoms with E-state index in [1.807, 2.05) is 0 Å². The Morgan fingerprint density at radius 2 is 1.64 bits per heavy atom. The molecular formula is C37H52F2O3. The lowest BCUT2D eigenvalue weighted by molar-refractivity contribution is -0.249. The highest BCUT2D eigenvalue weighted by Crippen LogP contribution is 2.77. The van der Waals surface area contributed by atoms with Crippen molar-refractivity contribution >= 4 is 5.97 Å². The van der Waals surface area contributed by atoms with Crippen molar-refractivity contribution in [1.29, 1.82) is 0 Å². The van der Waals surface area contributed by atoms with Crippen molar-refractivity contribution in [3.8, 4) is 0 Å². The molecule has 0 amide bonds. The van der Waals surface area contributed by atoms with Gasteiger partial charge < -0.3 is 9.84 Å². The van der Waals surface area contributed by atoms with Crippen LogP contribution in [0.2, 0.25) is 0 Å². The molecule has 0 radical (unpaired) electrons. The normalized spacial score (nSPS) is 45.6. The van der Waals surface area contributed by atoms with E-state index in [9.17, 15) is 18.7 Å². The second-order valence-corrected chi connectivity index (χ2v) is 16.6. The average molecular weight is 583 g/mol. The first kappa shape index (κ1) is 30.3. The predicted molar refractivity (Wildman–Crippen MR) is 162 cm³/mol. The van der Waals surface area contributed by atoms with Crippen molar-refractivity contribution in [3.05, 3.63) is 47.5 Å². The van der Waals surface area contributed by atoms with Gasteiger partial charge in [0, 0.05) is 5.41 Å². The first-order valence-electron chi connectivity index (χ1n) is 16.6. The Balaban J connectivity index is 1.31. The van der Waals surface area contributed by atoms with Crippen LogP contribution < -0.4 is 0 Å². The molecule has 0 aromatic heterocycles. The molecule has 3 nitrogen and oxygen atoms in total. The summed E-state index contributed by atoms with van der Waals surface area (Å²) >= 11 is 0. The molecule has 5 aliphatic carbocycles. The second-order valence-electron chi connectivity index (χ2n) is 16.6. The van der Waals surface area contributed by atoms with E-state index in [2.05, 4.69) is 48.1 Å². The van der Waals surface area contributed by atoms with Crippen molar-refractivity contribution < 1.29 is 23.4 Å². The van der Waals surface area contributed by atoms with Gasteiger partial charge in [-0.2, -0.15) is 0 Å². The molecule has 5 saturated carbocycles. The van der Waals surface area contributed by atoms with Gasteiger partial charge in [-0.25, -0.2) is 13.6 Å². The summed E-state index contributed by atoms with van der Waals surface area (Å²) in [7, 11) is 0. The molecule has 0 spiro atoms. The quantitative estimate of drug-likeness (QED) is 0.284. The fourth-order valence-corrected chi connectivity index (χ4v) is 12.4. The highest BCUT2D eigenvalue weighted by molar-refractivity contribution is 5.89. The summed E-state index contributed by atoms with van der Waals surface area (Å²) in [4.78, 5) is 13.0. The molecule has 1 N–H and O–H groups in total. The van der Waals surface area contributed by atoms with E-state index >= 15 is 0 Å². The van der Waals surface area contributed by atoms with Gasteiger partial charge in [0.15, 0.2) is 11.6 Å². The lowest BCUT2D eigenvalue weighted by atomic mass is 9.32. The first-order chi connectivity index (χ1) is 19.6. The van der Waals surface area contributed by atoms with Gasteiger partial charge in [-0.1, -0.05) is 46.8 Å². The topological polar surface area (TPSA) is 46.5 Å². The van der Waals surface area contributed by atoms with Gasteiger partial charge in [0.25, 0.3) is 0 Å². The molecule has 0 heterocycles. The summed E-state index contributed by atoms with van der Waals surface area (Å²) in [6, 6.07) is 3.25. The van der Waals surface area contributed by atoms with Gasteiger partial charge in [-0.15, -0.1) is 0 Å². The minimum Gasteiger partial charge on any atom is -0.461 e. The number of allylic oxidation sites excluding steroid dienone is 1. The van der Waals surface area contributed by atoms with Crippen LogP contribution in [0.3, 0.4) is 0 Å². The molecule has 5 aliphatic rings. The van der Waals surface area contributed by atoms with E-state index in [0.29, 0.717) is 36.2 Å². The van der Waals surface area contributed by atoms with Gasteiger partial charge in [-0.3, -0.25) is 0 Å². The van der Waals surface area contributed by atoms with E-state index in [1.54, 1.807) is 0 Å². The molecule has 5 heteroatoms. The number of carbonyl (C=O) groups is 1. The summed E-state index contributed by atoms with van der Waals surface area (Å²) < 4.78 is 33.4. The highest BCUT2D eigenvalue weighted by Gasteiger charge is 2.71. The fraction of sp³-hybridized carbons (Fsp3) is 0.757. The molecule has 0 bridgehead atoms. The van der Waals surface area contributed by atoms with Gasteiger partial charge in [0.05, 0.1) is 18.3 Å². The minimum atomic E-state index is -1.03. The van der Waals surface area contributed by atoms with Crippen LogP contribution in [-0.2, 0) is 4.74 Å². The highest BCUT2D eigenvalue weighted by atomic mass is 19.2. The molecule has 10 atom stereocenters. The number of fused-ring (bicyclic) bond motifs is 7. The molecule has 6 rings (SSSR count). The van der Waals surface area contributed by atoms with Crippen LogP contribution in [0.4, 0.5) is 8.78 Å². The van der Waals surface area contributed by atoms with E-state index < -0.39 is 17.6 Å². The summed E-state index contributed by atoms with van der Waals surface area (Å²) in [5.74, 6) is -0.0376. The third-order valence-electron chi connectivity index (χ3n) is 14.9. The summed E-state index contributed by atoms with van der Waals surface area (Å²) in [5, 5.41) is 11.0. The van der Waals surface area contributed by atoms with Crippen LogP contribution in [0.15, 0.2) is 30.4 Å². The molecule has 5 fully saturated rings. The van der Waals surface area contributed by atoms with Crippen LogP contribution in [0.5, 0.6) is 0 Å². The summed E-state index contributed by atoms with van der Waals surface area (Å²) in [5.41, 5.74) is 1.78. The number of hydrogen-bond acceptors (Lipinski definition) is 3. The SMILES string of the molecule is C=C(C)[C@@H]1CC[C@]2(COC(=O)c3ccc(F)c(F)c3)CC[C@]3(C)[C@H](CC[C@@H]4[C@@]5(C)CC[C@H](O)C(C)(C)[C@@H]5CC[C@]43C)[C@@H]12. The van der Waals surface area contributed by atoms with Gasteiger partial charge in [0.1, 0.15) is 0 Å². The lowest BCUT2D eigenvalue weighted by Crippen LogP contribution is -2.66. The zero-order valence-corrected chi connectivity index (χ0v) is 26.7. The molecule has 1 aromatic rings. The van der Waals surface area contributed by atoms with Gasteiger partial charge in [-0.05, 0) is 141 Å². The standard InChI is InChI=1S/C37H52F2O3/c1-22(2)24-12-17-37(21-42-32(41)23-8-10-26(38)27(39)20-23)19-18-35(6)25(31(24)37)9-11-29-34(5)15-14-30(40)33(3,4)28(34)13-16-36(29,35)7/h8,10,20,24-25,28-31,40H,1,9,11-19,21H2,2-7H3/t24-,25+,28-,29+,30-,31+,34-,35+,36+,37+/m0/s1. The number of aliphatic hydroxyl groups is 1. The number of hydrogen-bond donors (Lipinski definition) is 1. The van der Waals surface area contributed by atoms with Crippen molar-refractivity contribution in [1.82, 2.24) is 0 Å². The first-order valence-corrected chi connectivity index (χ1v) is 16.6. The fourth-order valence-electron chi connectivity index (χ4n) is 12.4. The maximum atomic E-state index is 13.9. The van der Waals surface area contributed by atoms with Crippen LogP contribution in [0.1, 0.15) is 116 Å². The smallest absolute Gasteiger partial charge is 0.338 e. The third-order valence-corrected chi connectivity index (χ3v) is 14.9. The van der Waals surface area contributed by atoms with Crippen molar-refractivity contribution in [2.24, 2.45) is 56.7 Å². The molecular weight excluding hydrogens is 530 g/mol. The Morgan fingerprint density at radius 3 is 2.33 bits per heavy atom. The largest absolute Gasteiger partial charge is 0.461 e. The van der Waals surface area contributed by atoms with E-state index in [0.717, 1.165) is 50.7 Å². The average Bonchev–Trinajstić information content (AvgIpc) is 3.32. The Labute approximate surface area is 251 Å². The number of esters is 1. The Bertz CT molecular complexity index is 1270. The van der Waals surface area contributed by atoms with Crippen molar-refractivity contribution in [2.75, 3.05) is 6.61 Å². The molecule has 0 unspecified atom stereocenters. The Morgan fingerprint density at radius 1 is 0.905 bits per heavy atom. The zero-order valence-electron chi connectivity index (χ0n) is 26.7. The third kappa shape index (κ3) is 4.07. The molecule has 1 aromatic carbocycles. The maximum absolute atomic E-state index is 13.9. The van der Waals surface area contributed by atoms with E-state index in [4.69, 9.17) is 4.74 Å². The van der Waals surface area contributed by atoms with Crippen LogP contribution >= 0.6 is 0 Å². The van der Waals surface area contributed by atoms with E-state index in [-0.39, 0.29) is 38.7 Å². The van der Waals surface area contributed by atoms with Crippen molar-refractivity contribution in [3.63, 3.8) is 0 Å². The molecule has 42 heavy (non-hydrogen) atoms. The van der Waals surface area contributed by atoms with Crippen molar-refractivity contribution in [2.45, 2.75) is 112 Å². The molecule has 232 valence electrons. The maximum Gasteiger partial charge on any atom is 0.338 e. The molecule has 0 saturated heterocycles. The Hall–Kier alpha value is -1.75. The number of aliphatic hydroxyl groups excluding tert-OH is 1. The monoisotopic (exact) mass is 582 g/mol. The van der Waals surface area contributed by atoms with Gasteiger partial charge >= 0.3 is 5.97 Å². The zero-order chi connectivity index (χ0) is 30.5. The molecule has 0 aliphatic heterocycles. The number of benzene rings is 1. The lowest BCUT2D eigenvalue weighted by Gasteiger charge is -2.73. The van der Waals surface area contributed by atoms with Gasteiger partial charge in [0.2, 0.25) is 0 Å². The number of rotatable bonds is 4. The van der Waals surface area contributed by atoms with Crippen LogP contribution in [0.25, 0.3) is 0 Å². The minimum absolute atomic E-state index is 0.0540. The predicted octanol–water partition coefficient (Wildman–Crippen LogP) is 9.14. The Kier molecular flexibility index (Phi) is 7.12. The number of ether oxygens (including phenoxy) is 1. The van der Waals surface area contributed by atoms with E-state index in [1.165, 1.54) is 37.3 Å². The van der Waals surface area contributed by atoms with Crippen LogP contribution in [0, 0.1) is 68.3 Å². The number of halogens is 2.